The molecule has 1 unspecified atom stereocenters. The first-order chi connectivity index (χ1) is 15.2. The number of aliphatic hydroxyl groups excluding tert-OH is 1. The minimum Gasteiger partial charge on any atom is -0.392 e. The van der Waals surface area contributed by atoms with Crippen LogP contribution in [0.25, 0.3) is 0 Å². The van der Waals surface area contributed by atoms with E-state index < -0.39 is 46.9 Å². The molecule has 5 aliphatic carbocycles. The number of fused-ring (bicyclic) bond motifs is 2. The van der Waals surface area contributed by atoms with Crippen LogP contribution in [0.4, 0.5) is 0 Å². The quantitative estimate of drug-likeness (QED) is 0.529. The lowest BCUT2D eigenvalue weighted by Crippen LogP contribution is -2.81. The number of hydrogen-bond donors (Lipinski definition) is 3. The van der Waals surface area contributed by atoms with Gasteiger partial charge in [0.15, 0.2) is 0 Å². The lowest BCUT2D eigenvalue weighted by molar-refractivity contribution is -0.299. The highest BCUT2D eigenvalue weighted by Crippen LogP contribution is 2.79. The summed E-state index contributed by atoms with van der Waals surface area (Å²) in [6, 6.07) is -0.483. The minimum atomic E-state index is -1.69. The van der Waals surface area contributed by atoms with Crippen molar-refractivity contribution in [3.8, 4) is 0 Å². The van der Waals surface area contributed by atoms with E-state index in [-0.39, 0.29) is 35.4 Å². The number of likely N-dealkylation sites (N-methyl/N-ethyl adjacent to an activating group) is 1. The topological polar surface area (TPSA) is 109 Å². The van der Waals surface area contributed by atoms with Gasteiger partial charge in [-0.2, -0.15) is 0 Å². The second-order valence-electron chi connectivity index (χ2n) is 11.5. The molecule has 0 aromatic rings. The van der Waals surface area contributed by atoms with Gasteiger partial charge in [0.1, 0.15) is 17.0 Å². The first-order valence-electron chi connectivity index (χ1n) is 12.2. The van der Waals surface area contributed by atoms with E-state index in [9.17, 15) is 20.1 Å². The van der Waals surface area contributed by atoms with Crippen LogP contribution < -0.4 is 0 Å². The predicted octanol–water partition coefficient (Wildman–Crippen LogP) is -0.175. The smallest absolute Gasteiger partial charge is 0.144 e. The number of hydrogen-bond acceptors (Lipinski definition) is 8. The van der Waals surface area contributed by atoms with E-state index in [1.54, 1.807) is 21.3 Å². The maximum absolute atomic E-state index is 13.7. The molecule has 1 spiro atoms. The molecule has 7 bridgehead atoms. The molecule has 1 heterocycles. The fourth-order valence-electron chi connectivity index (χ4n) is 10.4. The van der Waals surface area contributed by atoms with Gasteiger partial charge < -0.3 is 29.5 Å². The van der Waals surface area contributed by atoms with Gasteiger partial charge in [0, 0.05) is 57.0 Å². The number of Topliss-reactive ketones (excluding diaryl/α,β-unsaturated/α-hetero) is 1. The number of ketones is 1. The maximum Gasteiger partial charge on any atom is 0.144 e. The average molecular weight is 452 g/mol. The zero-order valence-corrected chi connectivity index (χ0v) is 19.5. The molecule has 3 N–H and O–H groups in total. The van der Waals surface area contributed by atoms with Crippen LogP contribution in [-0.2, 0) is 19.0 Å². The molecule has 0 aromatic carbocycles. The number of aliphatic hydroxyl groups is 3. The van der Waals surface area contributed by atoms with E-state index in [0.29, 0.717) is 26.0 Å². The number of rotatable bonds is 5. The fourth-order valence-corrected chi connectivity index (χ4v) is 10.4. The van der Waals surface area contributed by atoms with Crippen molar-refractivity contribution in [1.82, 2.24) is 4.90 Å². The largest absolute Gasteiger partial charge is 0.392 e. The molecule has 6 rings (SSSR count). The molecule has 0 radical (unpaired) electrons. The number of carbonyl (C=O) groups excluding carboxylic acids is 1. The maximum atomic E-state index is 13.7. The monoisotopic (exact) mass is 451 g/mol. The van der Waals surface area contributed by atoms with Crippen LogP contribution in [0.5, 0.6) is 0 Å². The minimum absolute atomic E-state index is 0.0129. The first kappa shape index (κ1) is 21.9. The van der Waals surface area contributed by atoms with Gasteiger partial charge in [-0.05, 0) is 31.7 Å². The van der Waals surface area contributed by atoms with Crippen molar-refractivity contribution < 1.29 is 34.3 Å². The lowest BCUT2D eigenvalue weighted by Gasteiger charge is -2.69. The molecule has 5 saturated carbocycles. The highest BCUT2D eigenvalue weighted by molar-refractivity contribution is 5.90. The molecule has 180 valence electrons. The summed E-state index contributed by atoms with van der Waals surface area (Å²) in [5.41, 5.74) is -4.40. The highest BCUT2D eigenvalue weighted by atomic mass is 16.5. The van der Waals surface area contributed by atoms with Gasteiger partial charge in [-0.15, -0.1) is 0 Å². The number of likely N-dealkylation sites (tertiary alicyclic amines) is 1. The SMILES string of the molecule is CCN1C[C@]2(COC)CC[C@H](O)[C@]34C1[C@](O)([C@@H](OC)[C@H]23)[C@@]1(O)C[C@H](OC)[C@H]2C[C@@H]4[C@@H]1C2=O. The van der Waals surface area contributed by atoms with Crippen molar-refractivity contribution in [2.75, 3.05) is 41.0 Å². The van der Waals surface area contributed by atoms with E-state index in [1.807, 2.05) is 0 Å². The third-order valence-corrected chi connectivity index (χ3v) is 11.0. The molecular formula is C24H37NO7. The lowest BCUT2D eigenvalue weighted by atomic mass is 9.43. The number of piperidine rings is 1. The van der Waals surface area contributed by atoms with Gasteiger partial charge in [-0.1, -0.05) is 6.92 Å². The summed E-state index contributed by atoms with van der Waals surface area (Å²) >= 11 is 0. The average Bonchev–Trinajstić information content (AvgIpc) is 3.14. The molecule has 8 heteroatoms. The van der Waals surface area contributed by atoms with Crippen molar-refractivity contribution >= 4 is 5.78 Å². The van der Waals surface area contributed by atoms with Gasteiger partial charge in [0.05, 0.1) is 36.9 Å². The summed E-state index contributed by atoms with van der Waals surface area (Å²) < 4.78 is 17.6. The number of carbonyl (C=O) groups is 1. The highest BCUT2D eigenvalue weighted by Gasteiger charge is 2.91. The van der Waals surface area contributed by atoms with E-state index in [4.69, 9.17) is 14.2 Å². The molecule has 12 atom stereocenters. The van der Waals surface area contributed by atoms with Crippen molar-refractivity contribution in [2.24, 2.45) is 34.5 Å². The van der Waals surface area contributed by atoms with Crippen molar-refractivity contribution in [3.05, 3.63) is 0 Å². The van der Waals surface area contributed by atoms with Gasteiger partial charge in [0.25, 0.3) is 0 Å². The predicted molar refractivity (Wildman–Crippen MR) is 113 cm³/mol. The molecule has 0 amide bonds. The Morgan fingerprint density at radius 1 is 1.19 bits per heavy atom. The number of methoxy groups -OCH3 is 3. The summed E-state index contributed by atoms with van der Waals surface area (Å²) in [5, 5.41) is 37.0. The van der Waals surface area contributed by atoms with E-state index in [1.165, 1.54) is 0 Å². The second-order valence-corrected chi connectivity index (χ2v) is 11.5. The Balaban J connectivity index is 1.68. The van der Waals surface area contributed by atoms with Crippen LogP contribution in [0.2, 0.25) is 0 Å². The van der Waals surface area contributed by atoms with Crippen LogP contribution in [0.3, 0.4) is 0 Å². The first-order valence-corrected chi connectivity index (χ1v) is 12.2. The third-order valence-electron chi connectivity index (χ3n) is 11.0. The second kappa shape index (κ2) is 6.53. The molecule has 0 aromatic heterocycles. The van der Waals surface area contributed by atoms with Crippen LogP contribution in [0.15, 0.2) is 0 Å². The zero-order valence-electron chi connectivity index (χ0n) is 19.5. The summed E-state index contributed by atoms with van der Waals surface area (Å²) in [4.78, 5) is 15.9. The van der Waals surface area contributed by atoms with E-state index >= 15 is 0 Å². The van der Waals surface area contributed by atoms with E-state index in [2.05, 4.69) is 11.8 Å². The molecular weight excluding hydrogens is 414 g/mol. The molecule has 1 saturated heterocycles. The Labute approximate surface area is 189 Å². The molecule has 1 aliphatic heterocycles. The normalized spacial score (nSPS) is 60.2. The van der Waals surface area contributed by atoms with Gasteiger partial charge in [-0.25, -0.2) is 0 Å². The Kier molecular flexibility index (Phi) is 4.47. The number of nitrogens with zero attached hydrogens (tertiary/aromatic N) is 1. The van der Waals surface area contributed by atoms with Crippen LogP contribution in [0.1, 0.15) is 32.6 Å². The fraction of sp³-hybridized carbons (Fsp3) is 0.958. The summed E-state index contributed by atoms with van der Waals surface area (Å²) in [5.74, 6) is -1.43. The molecule has 6 aliphatic rings. The van der Waals surface area contributed by atoms with Crippen molar-refractivity contribution in [2.45, 2.75) is 68.2 Å². The van der Waals surface area contributed by atoms with Gasteiger partial charge in [-0.3, -0.25) is 9.69 Å². The van der Waals surface area contributed by atoms with Crippen LogP contribution in [0, 0.1) is 34.5 Å². The van der Waals surface area contributed by atoms with Crippen molar-refractivity contribution in [1.29, 1.82) is 0 Å². The van der Waals surface area contributed by atoms with Crippen LogP contribution >= 0.6 is 0 Å². The number of ether oxygens (including phenoxy) is 3. The summed E-state index contributed by atoms with van der Waals surface area (Å²) in [7, 11) is 4.87. The van der Waals surface area contributed by atoms with Gasteiger partial charge in [0.2, 0.25) is 0 Å². The van der Waals surface area contributed by atoms with Crippen LogP contribution in [-0.4, -0.2) is 103 Å². The Morgan fingerprint density at radius 2 is 1.94 bits per heavy atom. The third kappa shape index (κ3) is 1.94. The van der Waals surface area contributed by atoms with E-state index in [0.717, 1.165) is 13.0 Å². The summed E-state index contributed by atoms with van der Waals surface area (Å²) in [6.07, 6.45) is 0.350. The Morgan fingerprint density at radius 3 is 2.56 bits per heavy atom. The Hall–Kier alpha value is -0.610. The Bertz CT molecular complexity index is 839. The molecule has 8 nitrogen and oxygen atoms in total. The molecule has 6 fully saturated rings. The zero-order chi connectivity index (χ0) is 22.8. The molecule has 32 heavy (non-hydrogen) atoms. The summed E-state index contributed by atoms with van der Waals surface area (Å²) in [6.45, 7) is 3.96. The van der Waals surface area contributed by atoms with Crippen molar-refractivity contribution in [3.63, 3.8) is 0 Å². The standard InChI is InChI=1S/C24H37NO7/c1-5-25-10-21(11-30-2)7-6-15(26)23-13-8-12-14(31-3)9-22(28,16(13)17(12)27)24(29,20(23)25)19(32-4)18(21)23/h12-16,18-20,26,28-29H,5-11H2,1-4H3/t12-,13-,14+,15+,16-,18-,19+,20?,21+,22-,23+,24-/m1/s1. The van der Waals surface area contributed by atoms with Gasteiger partial charge >= 0.3 is 0 Å².